The van der Waals surface area contributed by atoms with Crippen molar-refractivity contribution in [2.45, 2.75) is 12.6 Å². The predicted molar refractivity (Wildman–Crippen MR) is 102 cm³/mol. The Hall–Kier alpha value is -3.96. The zero-order chi connectivity index (χ0) is 22.0. The summed E-state index contributed by atoms with van der Waals surface area (Å²) in [6, 6.07) is 2.33. The molecule has 158 valence electrons. The van der Waals surface area contributed by atoms with Crippen molar-refractivity contribution in [2.24, 2.45) is 4.99 Å². The minimum atomic E-state index is -4.64. The van der Waals surface area contributed by atoms with E-state index in [0.29, 0.717) is 24.2 Å². The van der Waals surface area contributed by atoms with Crippen molar-refractivity contribution >= 4 is 23.5 Å². The van der Waals surface area contributed by atoms with E-state index in [1.165, 1.54) is 49.1 Å². The maximum Gasteiger partial charge on any atom is 0.433 e. The number of ether oxygens (including phenoxy) is 1. The van der Waals surface area contributed by atoms with Gasteiger partial charge in [0.05, 0.1) is 24.1 Å². The fraction of sp³-hybridized carbons (Fsp3) is 0.211. The summed E-state index contributed by atoms with van der Waals surface area (Å²) in [5.74, 6) is -0.640. The van der Waals surface area contributed by atoms with Crippen LogP contribution in [0.5, 0.6) is 0 Å². The summed E-state index contributed by atoms with van der Waals surface area (Å²) in [6.45, 7) is 0.555. The number of halogens is 3. The molecule has 9 nitrogen and oxygen atoms in total. The molecule has 0 unspecified atom stereocenters. The zero-order valence-corrected chi connectivity index (χ0v) is 16.0. The van der Waals surface area contributed by atoms with Crippen LogP contribution in [0, 0.1) is 0 Å². The van der Waals surface area contributed by atoms with Crippen LogP contribution in [0.3, 0.4) is 0 Å². The summed E-state index contributed by atoms with van der Waals surface area (Å²) in [5, 5.41) is 4.18. The van der Waals surface area contributed by atoms with Crippen molar-refractivity contribution in [1.29, 1.82) is 0 Å². The van der Waals surface area contributed by atoms with Gasteiger partial charge in [0.1, 0.15) is 18.3 Å². The van der Waals surface area contributed by atoms with Crippen LogP contribution in [-0.2, 0) is 15.7 Å². The van der Waals surface area contributed by atoms with Crippen LogP contribution in [0.15, 0.2) is 42.2 Å². The van der Waals surface area contributed by atoms with E-state index in [4.69, 9.17) is 4.74 Å². The van der Waals surface area contributed by atoms with Gasteiger partial charge in [-0.1, -0.05) is 0 Å². The largest absolute Gasteiger partial charge is 0.465 e. The van der Waals surface area contributed by atoms with Gasteiger partial charge in [0.2, 0.25) is 0 Å². The molecule has 12 heteroatoms. The van der Waals surface area contributed by atoms with Crippen LogP contribution in [0.1, 0.15) is 23.4 Å². The molecule has 0 saturated heterocycles. The Bertz CT molecular complexity index is 1190. The Morgan fingerprint density at radius 1 is 1.23 bits per heavy atom. The Labute approximate surface area is 173 Å². The number of aromatic nitrogens is 6. The average Bonchev–Trinajstić information content (AvgIpc) is 3.19. The monoisotopic (exact) mass is 429 g/mol. The Balaban J connectivity index is 1.74. The zero-order valence-electron chi connectivity index (χ0n) is 16.0. The number of carbonyl (C=O) groups excluding carboxylic acids is 1. The summed E-state index contributed by atoms with van der Waals surface area (Å²) in [4.78, 5) is 31.7. The molecule has 0 radical (unpaired) electrons. The average molecular weight is 429 g/mol. The van der Waals surface area contributed by atoms with Gasteiger partial charge in [-0.05, 0) is 12.1 Å². The first-order valence-electron chi connectivity index (χ1n) is 8.95. The number of hydrogen-bond donors (Lipinski definition) is 0. The topological polar surface area (TPSA) is 108 Å². The molecule has 0 saturated carbocycles. The molecule has 31 heavy (non-hydrogen) atoms. The number of alkyl halides is 3. The molecule has 0 amide bonds. The standard InChI is InChI=1S/C19H14F3N7O2/c1-31-18(30)13(12-6-23-9-24-7-12)8-29-10-26-17(28-29)11-4-15(14-2-3-25-14)27-16(5-11)19(20,21)22/h4-10H,2-3H2,1H3/b13-8+. The lowest BCUT2D eigenvalue weighted by atomic mass is 10.1. The van der Waals surface area contributed by atoms with Crippen molar-refractivity contribution in [2.75, 3.05) is 13.7 Å². The van der Waals surface area contributed by atoms with E-state index in [0.717, 1.165) is 6.07 Å². The van der Waals surface area contributed by atoms with E-state index in [2.05, 4.69) is 30.0 Å². The summed E-state index contributed by atoms with van der Waals surface area (Å²) in [7, 11) is 1.22. The van der Waals surface area contributed by atoms with Gasteiger partial charge in [-0.25, -0.2) is 29.4 Å². The van der Waals surface area contributed by atoms with Gasteiger partial charge < -0.3 is 4.74 Å². The van der Waals surface area contributed by atoms with Gasteiger partial charge >= 0.3 is 12.1 Å². The van der Waals surface area contributed by atoms with Gasteiger partial charge in [0, 0.05) is 42.7 Å². The summed E-state index contributed by atoms with van der Waals surface area (Å²) in [5.41, 5.74) is 0.179. The lowest BCUT2D eigenvalue weighted by Crippen LogP contribution is -2.18. The second-order valence-corrected chi connectivity index (χ2v) is 6.41. The smallest absolute Gasteiger partial charge is 0.433 e. The number of rotatable bonds is 5. The molecule has 1 aliphatic heterocycles. The first kappa shape index (κ1) is 20.3. The van der Waals surface area contributed by atoms with Crippen LogP contribution < -0.4 is 0 Å². The number of esters is 1. The molecule has 0 spiro atoms. The maximum absolute atomic E-state index is 13.3. The first-order valence-corrected chi connectivity index (χ1v) is 8.95. The van der Waals surface area contributed by atoms with E-state index in [1.807, 2.05) is 0 Å². The van der Waals surface area contributed by atoms with Crippen LogP contribution in [0.25, 0.3) is 23.2 Å². The van der Waals surface area contributed by atoms with E-state index in [1.54, 1.807) is 0 Å². The molecule has 0 N–H and O–H groups in total. The highest BCUT2D eigenvalue weighted by atomic mass is 19.4. The number of pyridine rings is 1. The fourth-order valence-corrected chi connectivity index (χ4v) is 2.78. The van der Waals surface area contributed by atoms with Crippen molar-refractivity contribution in [3.8, 4) is 11.4 Å². The lowest BCUT2D eigenvalue weighted by molar-refractivity contribution is -0.141. The molecule has 4 heterocycles. The summed E-state index contributed by atoms with van der Waals surface area (Å²) in [6.07, 6.45) is 2.63. The summed E-state index contributed by atoms with van der Waals surface area (Å²) >= 11 is 0. The maximum atomic E-state index is 13.3. The first-order chi connectivity index (χ1) is 14.8. The predicted octanol–water partition coefficient (Wildman–Crippen LogP) is 2.51. The van der Waals surface area contributed by atoms with Crippen LogP contribution in [0.4, 0.5) is 13.2 Å². The molecular formula is C19H14F3N7O2. The molecule has 0 aromatic carbocycles. The van der Waals surface area contributed by atoms with E-state index >= 15 is 0 Å². The second kappa shape index (κ2) is 8.05. The molecule has 4 rings (SSSR count). The highest BCUT2D eigenvalue weighted by molar-refractivity contribution is 6.19. The number of aliphatic imine (C=N–C) groups is 1. The van der Waals surface area contributed by atoms with Gasteiger partial charge in [0.15, 0.2) is 5.82 Å². The second-order valence-electron chi connectivity index (χ2n) is 6.41. The molecule has 3 aromatic rings. The normalized spacial score (nSPS) is 14.1. The van der Waals surface area contributed by atoms with Gasteiger partial charge in [-0.15, -0.1) is 5.10 Å². The Kier molecular flexibility index (Phi) is 5.28. The molecule has 0 bridgehead atoms. The van der Waals surface area contributed by atoms with Crippen LogP contribution in [0.2, 0.25) is 0 Å². The third-order valence-electron chi connectivity index (χ3n) is 4.37. The van der Waals surface area contributed by atoms with Crippen LogP contribution in [-0.4, -0.2) is 55.1 Å². The number of hydrogen-bond acceptors (Lipinski definition) is 8. The van der Waals surface area contributed by atoms with E-state index in [9.17, 15) is 18.0 Å². The molecule has 0 aliphatic carbocycles. The van der Waals surface area contributed by atoms with E-state index < -0.39 is 17.8 Å². The van der Waals surface area contributed by atoms with Crippen molar-refractivity contribution in [1.82, 2.24) is 29.7 Å². The number of carbonyl (C=O) groups is 1. The Morgan fingerprint density at radius 2 is 1.97 bits per heavy atom. The van der Waals surface area contributed by atoms with Crippen molar-refractivity contribution < 1.29 is 22.7 Å². The molecule has 0 fully saturated rings. The minimum Gasteiger partial charge on any atom is -0.465 e. The highest BCUT2D eigenvalue weighted by Gasteiger charge is 2.34. The third-order valence-corrected chi connectivity index (χ3v) is 4.37. The van der Waals surface area contributed by atoms with Crippen molar-refractivity contribution in [3.05, 3.63) is 54.1 Å². The van der Waals surface area contributed by atoms with Crippen LogP contribution >= 0.6 is 0 Å². The van der Waals surface area contributed by atoms with Gasteiger partial charge in [0.25, 0.3) is 0 Å². The molecular weight excluding hydrogens is 415 g/mol. The molecule has 0 atom stereocenters. The quantitative estimate of drug-likeness (QED) is 0.453. The highest BCUT2D eigenvalue weighted by Crippen LogP contribution is 2.31. The number of methoxy groups -OCH3 is 1. The lowest BCUT2D eigenvalue weighted by Gasteiger charge is -2.15. The minimum absolute atomic E-state index is 0.0267. The van der Waals surface area contributed by atoms with Gasteiger partial charge in [-0.2, -0.15) is 13.2 Å². The molecule has 1 aliphatic rings. The third kappa shape index (κ3) is 4.32. The molecule has 3 aromatic heterocycles. The van der Waals surface area contributed by atoms with E-state index in [-0.39, 0.29) is 22.7 Å². The summed E-state index contributed by atoms with van der Waals surface area (Å²) < 4.78 is 45.9. The van der Waals surface area contributed by atoms with Gasteiger partial charge in [-0.3, -0.25) is 4.99 Å². The van der Waals surface area contributed by atoms with Crippen molar-refractivity contribution in [3.63, 3.8) is 0 Å². The fourth-order valence-electron chi connectivity index (χ4n) is 2.78. The number of nitrogens with zero attached hydrogens (tertiary/aromatic N) is 7. The SMILES string of the molecule is COC(=O)/C(=C/n1cnc(-c2cc(C3=NCC3)nc(C(F)(F)F)c2)n1)c1cncnc1. The Morgan fingerprint density at radius 3 is 2.58 bits per heavy atom.